The van der Waals surface area contributed by atoms with Crippen LogP contribution in [0, 0.1) is 18.6 Å². The van der Waals surface area contributed by atoms with Crippen molar-refractivity contribution in [2.45, 2.75) is 51.8 Å². The van der Waals surface area contributed by atoms with E-state index < -0.39 is 52.9 Å². The summed E-state index contributed by atoms with van der Waals surface area (Å²) in [4.78, 5) is 40.3. The molecule has 41 heavy (non-hydrogen) atoms. The number of nitrogens with one attached hydrogen (secondary N) is 2. The molecule has 0 aromatic heterocycles. The lowest BCUT2D eigenvalue weighted by Crippen LogP contribution is -2.44. The highest BCUT2D eigenvalue weighted by Crippen LogP contribution is 2.36. The van der Waals surface area contributed by atoms with Gasteiger partial charge in [-0.3, -0.25) is 14.5 Å². The number of benzene rings is 3. The van der Waals surface area contributed by atoms with Crippen molar-refractivity contribution in [3.05, 3.63) is 87.9 Å². The molecule has 2 unspecified atom stereocenters. The molecule has 3 aromatic rings. The van der Waals surface area contributed by atoms with Gasteiger partial charge in [-0.05, 0) is 63.4 Å². The highest BCUT2D eigenvalue weighted by atomic mass is 79.9. The van der Waals surface area contributed by atoms with Gasteiger partial charge in [-0.1, -0.05) is 46.3 Å². The van der Waals surface area contributed by atoms with E-state index in [1.165, 1.54) is 4.90 Å². The van der Waals surface area contributed by atoms with Gasteiger partial charge in [-0.15, -0.1) is 0 Å². The second-order valence-electron chi connectivity index (χ2n) is 10.7. The minimum atomic E-state index is -1.18. The van der Waals surface area contributed by atoms with Crippen molar-refractivity contribution in [2.24, 2.45) is 0 Å². The quantitative estimate of drug-likeness (QED) is 0.309. The van der Waals surface area contributed by atoms with Gasteiger partial charge in [0.2, 0.25) is 0 Å². The van der Waals surface area contributed by atoms with Crippen molar-refractivity contribution >= 4 is 39.5 Å². The van der Waals surface area contributed by atoms with Crippen LogP contribution < -0.4 is 15.4 Å². The second kappa shape index (κ2) is 12.3. The fourth-order valence-corrected chi connectivity index (χ4v) is 4.69. The maximum atomic E-state index is 14.8. The summed E-state index contributed by atoms with van der Waals surface area (Å²) in [6.45, 7) is 7.10. The Labute approximate surface area is 245 Å². The molecule has 1 fully saturated rings. The van der Waals surface area contributed by atoms with Crippen LogP contribution in [0.4, 0.5) is 19.3 Å². The number of anilines is 1. The van der Waals surface area contributed by atoms with Gasteiger partial charge < -0.3 is 20.1 Å². The molecule has 1 heterocycles. The standard InChI is InChI=1S/C30H30BrF2N3O5/c1-17-7-5-6-8-24(17)40-25-14-20(32)13-22(33)26(25)35-28(38)27(37)34-21-15-23(18-9-11-19(31)12-10-18)36(16-21)29(39)41-30(2,3)4/h5-14,21,23H,15-16H2,1-4H3,(H,34,37)(H,35,38). The number of aryl methyl sites for hydroxylation is 1. The average Bonchev–Trinajstić information content (AvgIpc) is 3.30. The van der Waals surface area contributed by atoms with Gasteiger partial charge in [0.25, 0.3) is 0 Å². The number of para-hydroxylation sites is 1. The molecule has 3 amide bonds. The summed E-state index contributed by atoms with van der Waals surface area (Å²) in [5.74, 6) is -4.24. The van der Waals surface area contributed by atoms with Crippen LogP contribution in [0.1, 0.15) is 44.4 Å². The highest BCUT2D eigenvalue weighted by Gasteiger charge is 2.39. The Morgan fingerprint density at radius 3 is 2.32 bits per heavy atom. The van der Waals surface area contributed by atoms with E-state index in [0.717, 1.165) is 16.1 Å². The van der Waals surface area contributed by atoms with E-state index in [1.807, 2.05) is 24.3 Å². The van der Waals surface area contributed by atoms with Crippen LogP contribution in [0.2, 0.25) is 0 Å². The van der Waals surface area contributed by atoms with Crippen molar-refractivity contribution in [3.8, 4) is 11.5 Å². The first-order valence-corrected chi connectivity index (χ1v) is 13.7. The van der Waals surface area contributed by atoms with Crippen LogP contribution in [-0.4, -0.2) is 41.0 Å². The third-order valence-corrected chi connectivity index (χ3v) is 6.82. The molecule has 11 heteroatoms. The SMILES string of the molecule is Cc1ccccc1Oc1cc(F)cc(F)c1NC(=O)C(=O)NC1CC(c2ccc(Br)cc2)N(C(=O)OC(C)(C)C)C1. The van der Waals surface area contributed by atoms with Crippen LogP contribution in [-0.2, 0) is 14.3 Å². The Bertz CT molecular complexity index is 1460. The van der Waals surface area contributed by atoms with Gasteiger partial charge in [0, 0.05) is 29.2 Å². The monoisotopic (exact) mass is 629 g/mol. The first-order chi connectivity index (χ1) is 19.3. The first-order valence-electron chi connectivity index (χ1n) is 12.9. The Kier molecular flexibility index (Phi) is 8.96. The number of ether oxygens (including phenoxy) is 2. The molecular formula is C30H30BrF2N3O5. The Morgan fingerprint density at radius 2 is 1.66 bits per heavy atom. The van der Waals surface area contributed by atoms with Crippen molar-refractivity contribution in [3.63, 3.8) is 0 Å². The number of carbonyl (C=O) groups excluding carboxylic acids is 3. The van der Waals surface area contributed by atoms with Crippen molar-refractivity contribution in [1.29, 1.82) is 0 Å². The molecule has 2 N–H and O–H groups in total. The topological polar surface area (TPSA) is 97.0 Å². The van der Waals surface area contributed by atoms with E-state index in [9.17, 15) is 23.2 Å². The number of hydrogen-bond donors (Lipinski definition) is 2. The van der Waals surface area contributed by atoms with Gasteiger partial charge in [0.05, 0.1) is 6.04 Å². The summed E-state index contributed by atoms with van der Waals surface area (Å²) in [6.07, 6.45) is -0.245. The van der Waals surface area contributed by atoms with Gasteiger partial charge >= 0.3 is 17.9 Å². The normalized spacial score (nSPS) is 16.7. The van der Waals surface area contributed by atoms with E-state index in [2.05, 4.69) is 26.6 Å². The zero-order chi connectivity index (χ0) is 29.9. The van der Waals surface area contributed by atoms with Gasteiger partial charge in [0.1, 0.15) is 22.9 Å². The summed E-state index contributed by atoms with van der Waals surface area (Å²) < 4.78 is 40.9. The maximum Gasteiger partial charge on any atom is 0.410 e. The molecule has 0 radical (unpaired) electrons. The van der Waals surface area contributed by atoms with Crippen LogP contribution in [0.25, 0.3) is 0 Å². The first kappa shape index (κ1) is 30.0. The van der Waals surface area contributed by atoms with Crippen molar-refractivity contribution in [1.82, 2.24) is 10.2 Å². The number of likely N-dealkylation sites (tertiary alicyclic amines) is 1. The molecule has 4 rings (SSSR count). The average molecular weight is 630 g/mol. The lowest BCUT2D eigenvalue weighted by molar-refractivity contribution is -0.136. The van der Waals surface area contributed by atoms with Crippen LogP contribution in [0.3, 0.4) is 0 Å². The van der Waals surface area contributed by atoms with Crippen molar-refractivity contribution < 1.29 is 32.6 Å². The zero-order valence-corrected chi connectivity index (χ0v) is 24.6. The van der Waals surface area contributed by atoms with E-state index in [4.69, 9.17) is 9.47 Å². The van der Waals surface area contributed by atoms with E-state index in [0.29, 0.717) is 23.8 Å². The third kappa shape index (κ3) is 7.60. The lowest BCUT2D eigenvalue weighted by atomic mass is 10.0. The second-order valence-corrected chi connectivity index (χ2v) is 11.6. The predicted octanol–water partition coefficient (Wildman–Crippen LogP) is 6.63. The fourth-order valence-electron chi connectivity index (χ4n) is 4.43. The summed E-state index contributed by atoms with van der Waals surface area (Å²) in [7, 11) is 0. The molecule has 3 aromatic carbocycles. The fraction of sp³-hybridized carbons (Fsp3) is 0.300. The van der Waals surface area contributed by atoms with Crippen LogP contribution in [0.15, 0.2) is 65.1 Å². The molecule has 1 aliphatic heterocycles. The number of halogens is 3. The smallest absolute Gasteiger partial charge is 0.410 e. The zero-order valence-electron chi connectivity index (χ0n) is 23.0. The lowest BCUT2D eigenvalue weighted by Gasteiger charge is -2.28. The van der Waals surface area contributed by atoms with Crippen LogP contribution in [0.5, 0.6) is 11.5 Å². The number of carbonyl (C=O) groups is 3. The molecule has 216 valence electrons. The summed E-state index contributed by atoms with van der Waals surface area (Å²) in [6, 6.07) is 14.7. The molecular weight excluding hydrogens is 600 g/mol. The van der Waals surface area contributed by atoms with Crippen LogP contribution >= 0.6 is 15.9 Å². The minimum Gasteiger partial charge on any atom is -0.455 e. The van der Waals surface area contributed by atoms with E-state index >= 15 is 0 Å². The molecule has 1 aliphatic rings. The summed E-state index contributed by atoms with van der Waals surface area (Å²) in [5.41, 5.74) is 0.305. The number of amides is 3. The molecule has 0 bridgehead atoms. The largest absolute Gasteiger partial charge is 0.455 e. The Morgan fingerprint density at radius 1 is 0.976 bits per heavy atom. The third-order valence-electron chi connectivity index (χ3n) is 6.30. The van der Waals surface area contributed by atoms with E-state index in [-0.39, 0.29) is 12.3 Å². The molecule has 0 spiro atoms. The highest BCUT2D eigenvalue weighted by molar-refractivity contribution is 9.10. The molecule has 2 atom stereocenters. The summed E-state index contributed by atoms with van der Waals surface area (Å²) in [5, 5.41) is 4.83. The molecule has 8 nitrogen and oxygen atoms in total. The number of nitrogens with zero attached hydrogens (tertiary/aromatic N) is 1. The summed E-state index contributed by atoms with van der Waals surface area (Å²) >= 11 is 3.40. The molecule has 1 saturated heterocycles. The Balaban J connectivity index is 1.50. The Hall–Kier alpha value is -3.99. The molecule has 0 saturated carbocycles. The van der Waals surface area contributed by atoms with Crippen molar-refractivity contribution in [2.75, 3.05) is 11.9 Å². The van der Waals surface area contributed by atoms with Gasteiger partial charge in [0.15, 0.2) is 11.6 Å². The predicted molar refractivity (Wildman–Crippen MR) is 153 cm³/mol. The minimum absolute atomic E-state index is 0.0845. The molecule has 0 aliphatic carbocycles. The van der Waals surface area contributed by atoms with E-state index in [1.54, 1.807) is 52.0 Å². The number of rotatable bonds is 5. The van der Waals surface area contributed by atoms with Gasteiger partial charge in [-0.25, -0.2) is 13.6 Å². The maximum absolute atomic E-state index is 14.8. The van der Waals surface area contributed by atoms with Gasteiger partial charge in [-0.2, -0.15) is 0 Å². The number of hydrogen-bond acceptors (Lipinski definition) is 5.